The van der Waals surface area contributed by atoms with Crippen molar-refractivity contribution in [2.24, 2.45) is 0 Å². The Balaban J connectivity index is 2.54. The molecular formula is C13H29ClSi2. The van der Waals surface area contributed by atoms with Gasteiger partial charge < -0.3 is 0 Å². The van der Waals surface area contributed by atoms with E-state index in [1.165, 1.54) is 37.4 Å². The Hall–Kier alpha value is 0.724. The molecule has 96 valence electrons. The highest BCUT2D eigenvalue weighted by molar-refractivity contribution is 7.21. The Morgan fingerprint density at radius 2 is 1.19 bits per heavy atom. The largest absolute Gasteiger partial charge is 0.167 e. The first-order valence-corrected chi connectivity index (χ1v) is 13.7. The summed E-state index contributed by atoms with van der Waals surface area (Å²) in [6.45, 7) is 7.04. The summed E-state index contributed by atoms with van der Waals surface area (Å²) in [5.41, 5.74) is 0. The van der Waals surface area contributed by atoms with Crippen molar-refractivity contribution in [3.05, 3.63) is 0 Å². The summed E-state index contributed by atoms with van der Waals surface area (Å²) < 4.78 is 0. The van der Waals surface area contributed by atoms with Crippen LogP contribution in [0.3, 0.4) is 0 Å². The van der Waals surface area contributed by atoms with E-state index >= 15 is 0 Å². The molecular weight excluding hydrogens is 248 g/mol. The van der Waals surface area contributed by atoms with Crippen LogP contribution in [0, 0.1) is 0 Å². The molecule has 0 atom stereocenters. The molecule has 0 N–H and O–H groups in total. The first kappa shape index (κ1) is 14.8. The Bertz CT molecular complexity index is 190. The van der Waals surface area contributed by atoms with Crippen molar-refractivity contribution in [1.29, 1.82) is 0 Å². The molecule has 16 heavy (non-hydrogen) atoms. The molecule has 1 saturated heterocycles. The maximum atomic E-state index is 6.86. The Labute approximate surface area is 109 Å². The topological polar surface area (TPSA) is 0 Å². The molecule has 1 aliphatic heterocycles. The molecule has 1 heterocycles. The van der Waals surface area contributed by atoms with Crippen LogP contribution >= 0.6 is 11.1 Å². The van der Waals surface area contributed by atoms with E-state index in [0.717, 1.165) is 0 Å². The van der Waals surface area contributed by atoms with E-state index in [4.69, 9.17) is 11.1 Å². The summed E-state index contributed by atoms with van der Waals surface area (Å²) in [6, 6.07) is 10.6. The summed E-state index contributed by atoms with van der Waals surface area (Å²) in [6.07, 6.45) is 4.14. The minimum atomic E-state index is -1.28. The molecule has 0 aromatic heterocycles. The van der Waals surface area contributed by atoms with Gasteiger partial charge in [0, 0.05) is 0 Å². The van der Waals surface area contributed by atoms with Crippen molar-refractivity contribution in [2.45, 2.75) is 82.3 Å². The number of halogens is 1. The fourth-order valence-corrected chi connectivity index (χ4v) is 19.0. The van der Waals surface area contributed by atoms with Crippen molar-refractivity contribution in [3.63, 3.8) is 0 Å². The summed E-state index contributed by atoms with van der Waals surface area (Å²) in [4.78, 5) is 0. The van der Waals surface area contributed by atoms with Crippen LogP contribution in [0.25, 0.3) is 0 Å². The molecule has 0 aromatic carbocycles. The highest BCUT2D eigenvalue weighted by Gasteiger charge is 2.42. The Kier molecular flexibility index (Phi) is 6.10. The third-order valence-corrected chi connectivity index (χ3v) is 16.6. The Morgan fingerprint density at radius 3 is 1.56 bits per heavy atom. The lowest BCUT2D eigenvalue weighted by Gasteiger charge is -2.41. The average molecular weight is 277 g/mol. The van der Waals surface area contributed by atoms with Crippen LogP contribution in [-0.2, 0) is 0 Å². The Morgan fingerprint density at radius 1 is 0.750 bits per heavy atom. The lowest BCUT2D eigenvalue weighted by molar-refractivity contribution is 0.913. The molecule has 3 heteroatoms. The zero-order valence-electron chi connectivity index (χ0n) is 11.4. The van der Waals surface area contributed by atoms with E-state index in [2.05, 4.69) is 20.8 Å². The van der Waals surface area contributed by atoms with Crippen LogP contribution in [-0.4, -0.2) is 15.5 Å². The van der Waals surface area contributed by atoms with Crippen LogP contribution in [0.4, 0.5) is 0 Å². The molecule has 1 fully saturated rings. The van der Waals surface area contributed by atoms with E-state index in [0.29, 0.717) is 0 Å². The van der Waals surface area contributed by atoms with Crippen molar-refractivity contribution < 1.29 is 0 Å². The van der Waals surface area contributed by atoms with Gasteiger partial charge in [0.1, 0.15) is 0 Å². The predicted molar refractivity (Wildman–Crippen MR) is 81.9 cm³/mol. The molecule has 0 aliphatic carbocycles. The quantitative estimate of drug-likeness (QED) is 0.421. The first-order chi connectivity index (χ1) is 7.60. The molecule has 0 amide bonds. The monoisotopic (exact) mass is 276 g/mol. The maximum Gasteiger partial charge on any atom is 0.156 e. The standard InChI is InChI=1S/C13H29ClSi2/c1-4-7-15(8-5-2)10-12-16(14,9-6-3)13-11-15/h4-13H2,1-3H3. The van der Waals surface area contributed by atoms with Crippen molar-refractivity contribution in [3.8, 4) is 0 Å². The second-order valence-corrected chi connectivity index (χ2v) is 17.1. The summed E-state index contributed by atoms with van der Waals surface area (Å²) in [5.74, 6) is 0. The van der Waals surface area contributed by atoms with Gasteiger partial charge in [-0.2, -0.15) is 11.1 Å². The van der Waals surface area contributed by atoms with Gasteiger partial charge in [-0.1, -0.05) is 64.2 Å². The summed E-state index contributed by atoms with van der Waals surface area (Å²) in [7, 11) is -2.13. The van der Waals surface area contributed by atoms with Crippen LogP contribution in [0.5, 0.6) is 0 Å². The minimum absolute atomic E-state index is 0.850. The molecule has 0 bridgehead atoms. The van der Waals surface area contributed by atoms with Crippen LogP contribution in [0.15, 0.2) is 0 Å². The van der Waals surface area contributed by atoms with E-state index in [9.17, 15) is 0 Å². The second kappa shape index (κ2) is 6.60. The molecule has 0 aromatic rings. The van der Waals surface area contributed by atoms with Crippen molar-refractivity contribution in [1.82, 2.24) is 0 Å². The fourth-order valence-electron chi connectivity index (χ4n) is 3.61. The highest BCUT2D eigenvalue weighted by atomic mass is 35.6. The molecule has 0 spiro atoms. The fraction of sp³-hybridized carbons (Fsp3) is 1.00. The van der Waals surface area contributed by atoms with Crippen LogP contribution in [0.1, 0.15) is 40.0 Å². The molecule has 1 rings (SSSR count). The van der Waals surface area contributed by atoms with Gasteiger partial charge in [-0.3, -0.25) is 0 Å². The third kappa shape index (κ3) is 3.88. The van der Waals surface area contributed by atoms with Gasteiger partial charge in [-0.15, -0.1) is 0 Å². The smallest absolute Gasteiger partial charge is 0.156 e. The van der Waals surface area contributed by atoms with Crippen LogP contribution in [0.2, 0.25) is 42.3 Å². The lowest BCUT2D eigenvalue weighted by Crippen LogP contribution is -2.44. The number of rotatable bonds is 6. The lowest BCUT2D eigenvalue weighted by atomic mass is 10.6. The zero-order valence-corrected chi connectivity index (χ0v) is 14.2. The molecule has 1 aliphatic rings. The second-order valence-electron chi connectivity index (χ2n) is 5.90. The molecule has 0 unspecified atom stereocenters. The highest BCUT2D eigenvalue weighted by Crippen LogP contribution is 2.44. The normalized spacial score (nSPS) is 23.2. The average Bonchev–Trinajstić information content (AvgIpc) is 2.24. The summed E-state index contributed by atoms with van der Waals surface area (Å²) in [5, 5.41) is 0. The molecule has 0 radical (unpaired) electrons. The first-order valence-electron chi connectivity index (χ1n) is 7.29. The zero-order chi connectivity index (χ0) is 12.1. The van der Waals surface area contributed by atoms with Gasteiger partial charge in [0.25, 0.3) is 0 Å². The SMILES string of the molecule is CCC[Si]1(Cl)CC[Si](CCC)(CCC)CC1. The van der Waals surface area contributed by atoms with Crippen molar-refractivity contribution >= 4 is 26.5 Å². The third-order valence-electron chi connectivity index (χ3n) is 4.47. The summed E-state index contributed by atoms with van der Waals surface area (Å²) >= 11 is 6.86. The maximum absolute atomic E-state index is 6.86. The van der Waals surface area contributed by atoms with E-state index in [1.807, 2.05) is 0 Å². The van der Waals surface area contributed by atoms with E-state index in [-0.39, 0.29) is 0 Å². The van der Waals surface area contributed by atoms with Gasteiger partial charge in [0.2, 0.25) is 0 Å². The van der Waals surface area contributed by atoms with Crippen LogP contribution < -0.4 is 0 Å². The van der Waals surface area contributed by atoms with Gasteiger partial charge in [0.05, 0.1) is 8.07 Å². The van der Waals surface area contributed by atoms with Gasteiger partial charge in [-0.25, -0.2) is 0 Å². The predicted octanol–water partition coefficient (Wildman–Crippen LogP) is 5.86. The molecule has 0 saturated carbocycles. The van der Waals surface area contributed by atoms with Gasteiger partial charge >= 0.3 is 0 Å². The minimum Gasteiger partial charge on any atom is -0.167 e. The van der Waals surface area contributed by atoms with E-state index in [1.54, 1.807) is 24.2 Å². The van der Waals surface area contributed by atoms with Crippen molar-refractivity contribution in [2.75, 3.05) is 0 Å². The molecule has 0 nitrogen and oxygen atoms in total. The number of hydrogen-bond acceptors (Lipinski definition) is 0. The van der Waals surface area contributed by atoms with E-state index < -0.39 is 15.5 Å². The van der Waals surface area contributed by atoms with Gasteiger partial charge in [-0.05, 0) is 18.1 Å². The number of hydrogen-bond donors (Lipinski definition) is 0. The van der Waals surface area contributed by atoms with Gasteiger partial charge in [0.15, 0.2) is 7.38 Å².